The fraction of sp³-hybridized carbons (Fsp3) is 0.571. The van der Waals surface area contributed by atoms with Crippen LogP contribution < -0.4 is 16.0 Å². The van der Waals surface area contributed by atoms with Crippen molar-refractivity contribution in [1.82, 2.24) is 20.9 Å². The van der Waals surface area contributed by atoms with Gasteiger partial charge < -0.3 is 16.0 Å². The molecule has 1 heterocycles. The van der Waals surface area contributed by atoms with Crippen molar-refractivity contribution in [3.63, 3.8) is 0 Å². The molecule has 0 aliphatic carbocycles. The average Bonchev–Trinajstić information content (AvgIpc) is 2.71. The van der Waals surface area contributed by atoms with Gasteiger partial charge in [0.15, 0.2) is 0 Å². The smallest absolute Gasteiger partial charge is 0.254 e. The van der Waals surface area contributed by atoms with Gasteiger partial charge in [-0.2, -0.15) is 0 Å². The number of nitrogens with zero attached hydrogens (tertiary/aromatic N) is 1. The molecule has 2 rings (SSSR count). The van der Waals surface area contributed by atoms with E-state index < -0.39 is 17.5 Å². The monoisotopic (exact) mass is 424 g/mol. The second-order valence-corrected chi connectivity index (χ2v) is 7.45. The summed E-state index contributed by atoms with van der Waals surface area (Å²) in [7, 11) is 0. The summed E-state index contributed by atoms with van der Waals surface area (Å²) in [6.45, 7) is 4.80. The molecule has 0 bridgehead atoms. The average molecular weight is 424 g/mol. The summed E-state index contributed by atoms with van der Waals surface area (Å²) in [5, 5.41) is 8.37. The van der Waals surface area contributed by atoms with Crippen LogP contribution in [0.25, 0.3) is 0 Å². The number of carbonyl (C=O) groups is 3. The van der Waals surface area contributed by atoms with Crippen molar-refractivity contribution in [3.05, 3.63) is 35.4 Å². The van der Waals surface area contributed by atoms with Gasteiger partial charge in [-0.3, -0.25) is 19.3 Å². The molecule has 1 aliphatic rings. The molecule has 1 saturated heterocycles. The highest BCUT2D eigenvalue weighted by Gasteiger charge is 2.22. The van der Waals surface area contributed by atoms with Crippen molar-refractivity contribution >= 4 is 17.7 Å². The number of halogens is 2. The number of likely N-dealkylation sites (tertiary alicyclic amines) is 1. The van der Waals surface area contributed by atoms with E-state index in [1.54, 1.807) is 0 Å². The lowest BCUT2D eigenvalue weighted by Crippen LogP contribution is -2.47. The second-order valence-electron chi connectivity index (χ2n) is 7.45. The molecule has 1 aliphatic heterocycles. The molecule has 0 radical (unpaired) electrons. The Labute approximate surface area is 175 Å². The summed E-state index contributed by atoms with van der Waals surface area (Å²) in [5.41, 5.74) is -0.226. The van der Waals surface area contributed by atoms with Crippen LogP contribution in [0.5, 0.6) is 0 Å². The van der Waals surface area contributed by atoms with Gasteiger partial charge in [0.05, 0.1) is 12.1 Å². The highest BCUT2D eigenvalue weighted by Crippen LogP contribution is 2.11. The molecule has 3 N–H and O–H groups in total. The van der Waals surface area contributed by atoms with E-state index in [9.17, 15) is 23.2 Å². The Morgan fingerprint density at radius 2 is 1.80 bits per heavy atom. The predicted octanol–water partition coefficient (Wildman–Crippen LogP) is 1.58. The minimum atomic E-state index is -0.917. The first-order valence-corrected chi connectivity index (χ1v) is 10.4. The van der Waals surface area contributed by atoms with Crippen molar-refractivity contribution in [2.75, 3.05) is 32.7 Å². The molecule has 0 saturated carbocycles. The van der Waals surface area contributed by atoms with Gasteiger partial charge in [-0.25, -0.2) is 8.78 Å². The van der Waals surface area contributed by atoms with E-state index in [1.165, 1.54) is 0 Å². The third-order valence-electron chi connectivity index (χ3n) is 4.93. The summed E-state index contributed by atoms with van der Waals surface area (Å²) < 4.78 is 26.4. The molecule has 9 heteroatoms. The summed E-state index contributed by atoms with van der Waals surface area (Å²) in [6, 6.07) is 2.85. The number of carbonyl (C=O) groups excluding carboxylic acids is 3. The van der Waals surface area contributed by atoms with Crippen LogP contribution in [0, 0.1) is 11.6 Å². The number of benzene rings is 1. The quantitative estimate of drug-likeness (QED) is 0.498. The predicted molar refractivity (Wildman–Crippen MR) is 109 cm³/mol. The Morgan fingerprint density at radius 1 is 1.07 bits per heavy atom. The van der Waals surface area contributed by atoms with Gasteiger partial charge in [-0.15, -0.1) is 0 Å². The third-order valence-corrected chi connectivity index (χ3v) is 4.93. The van der Waals surface area contributed by atoms with E-state index in [4.69, 9.17) is 0 Å². The zero-order chi connectivity index (χ0) is 21.9. The van der Waals surface area contributed by atoms with Crippen molar-refractivity contribution in [2.24, 2.45) is 0 Å². The number of hydrogen-bond donors (Lipinski definition) is 3. The Bertz CT molecular complexity index is 737. The first kappa shape index (κ1) is 23.7. The zero-order valence-electron chi connectivity index (χ0n) is 17.3. The van der Waals surface area contributed by atoms with E-state index in [0.717, 1.165) is 44.5 Å². The number of piperidine rings is 1. The second kappa shape index (κ2) is 12.2. The Balaban J connectivity index is 1.59. The maximum absolute atomic E-state index is 13.6. The fourth-order valence-corrected chi connectivity index (χ4v) is 3.28. The number of rotatable bonds is 10. The van der Waals surface area contributed by atoms with Gasteiger partial charge in [-0.05, 0) is 37.8 Å². The van der Waals surface area contributed by atoms with Gasteiger partial charge in [0.1, 0.15) is 11.6 Å². The summed E-state index contributed by atoms with van der Waals surface area (Å²) in [6.07, 6.45) is 3.13. The fourth-order valence-electron chi connectivity index (χ4n) is 3.28. The molecule has 0 unspecified atom stereocenters. The van der Waals surface area contributed by atoms with Crippen LogP contribution in [0.4, 0.5) is 8.78 Å². The van der Waals surface area contributed by atoms with Crippen molar-refractivity contribution < 1.29 is 23.2 Å². The SMILES string of the molecule is CCCNC(=O)CN1CCC(NC(=O)CCCNC(=O)c2ccc(F)cc2F)CC1. The Morgan fingerprint density at radius 3 is 2.47 bits per heavy atom. The maximum Gasteiger partial charge on any atom is 0.254 e. The number of amides is 3. The van der Waals surface area contributed by atoms with Gasteiger partial charge in [-0.1, -0.05) is 6.92 Å². The molecular formula is C21H30F2N4O3. The van der Waals surface area contributed by atoms with Crippen LogP contribution in [0.3, 0.4) is 0 Å². The third kappa shape index (κ3) is 8.06. The lowest BCUT2D eigenvalue weighted by atomic mass is 10.0. The minimum absolute atomic E-state index is 0.0295. The van der Waals surface area contributed by atoms with Gasteiger partial charge in [0, 0.05) is 44.7 Å². The first-order valence-electron chi connectivity index (χ1n) is 10.4. The maximum atomic E-state index is 13.6. The van der Waals surface area contributed by atoms with Crippen molar-refractivity contribution in [3.8, 4) is 0 Å². The molecular weight excluding hydrogens is 394 g/mol. The molecule has 1 fully saturated rings. The molecule has 0 spiro atoms. The highest BCUT2D eigenvalue weighted by atomic mass is 19.1. The standard InChI is InChI=1S/C21H30F2N4O3/c1-2-9-24-20(29)14-27-11-7-16(8-12-27)26-19(28)4-3-10-25-21(30)17-6-5-15(22)13-18(17)23/h5-6,13,16H,2-4,7-12,14H2,1H3,(H,24,29)(H,25,30)(H,26,28). The largest absolute Gasteiger partial charge is 0.355 e. The molecule has 0 aromatic heterocycles. The highest BCUT2D eigenvalue weighted by molar-refractivity contribution is 5.94. The lowest BCUT2D eigenvalue weighted by molar-refractivity contribution is -0.124. The number of hydrogen-bond acceptors (Lipinski definition) is 4. The molecule has 7 nitrogen and oxygen atoms in total. The lowest BCUT2D eigenvalue weighted by Gasteiger charge is -2.31. The summed E-state index contributed by atoms with van der Waals surface area (Å²) >= 11 is 0. The van der Waals surface area contributed by atoms with Crippen LogP contribution in [-0.4, -0.2) is 61.4 Å². The van der Waals surface area contributed by atoms with Crippen molar-refractivity contribution in [2.45, 2.75) is 45.1 Å². The van der Waals surface area contributed by atoms with E-state index in [-0.39, 0.29) is 36.4 Å². The Hall–Kier alpha value is -2.55. The molecule has 0 atom stereocenters. The topological polar surface area (TPSA) is 90.5 Å². The van der Waals surface area contributed by atoms with Crippen LogP contribution in [0.15, 0.2) is 18.2 Å². The van der Waals surface area contributed by atoms with Gasteiger partial charge >= 0.3 is 0 Å². The summed E-state index contributed by atoms with van der Waals surface area (Å²) in [5.74, 6) is -2.37. The molecule has 30 heavy (non-hydrogen) atoms. The normalized spacial score (nSPS) is 14.9. The van der Waals surface area contributed by atoms with E-state index in [1.807, 2.05) is 6.92 Å². The van der Waals surface area contributed by atoms with E-state index in [2.05, 4.69) is 20.9 Å². The Kier molecular flexibility index (Phi) is 9.66. The zero-order valence-corrected chi connectivity index (χ0v) is 17.3. The van der Waals surface area contributed by atoms with Crippen LogP contribution >= 0.6 is 0 Å². The van der Waals surface area contributed by atoms with Crippen LogP contribution in [0.2, 0.25) is 0 Å². The van der Waals surface area contributed by atoms with Gasteiger partial charge in [0.2, 0.25) is 11.8 Å². The van der Waals surface area contributed by atoms with Gasteiger partial charge in [0.25, 0.3) is 5.91 Å². The molecule has 3 amide bonds. The first-order chi connectivity index (χ1) is 14.4. The van der Waals surface area contributed by atoms with Crippen LogP contribution in [-0.2, 0) is 9.59 Å². The number of nitrogens with one attached hydrogen (secondary N) is 3. The molecule has 1 aromatic carbocycles. The van der Waals surface area contributed by atoms with E-state index in [0.29, 0.717) is 25.6 Å². The summed E-state index contributed by atoms with van der Waals surface area (Å²) in [4.78, 5) is 37.8. The minimum Gasteiger partial charge on any atom is -0.355 e. The van der Waals surface area contributed by atoms with E-state index >= 15 is 0 Å². The van der Waals surface area contributed by atoms with Crippen LogP contribution in [0.1, 0.15) is 49.4 Å². The van der Waals surface area contributed by atoms with Crippen molar-refractivity contribution in [1.29, 1.82) is 0 Å². The molecule has 166 valence electrons. The molecule has 1 aromatic rings.